The van der Waals surface area contributed by atoms with Crippen LogP contribution >= 0.6 is 0 Å². The van der Waals surface area contributed by atoms with Crippen molar-refractivity contribution < 1.29 is 19.4 Å². The molecule has 0 spiro atoms. The van der Waals surface area contributed by atoms with Gasteiger partial charge in [-0.25, -0.2) is 0 Å². The molecule has 5 nitrogen and oxygen atoms in total. The maximum Gasteiger partial charge on any atom is 0.305 e. The number of hydrogen-bond donors (Lipinski definition) is 2. The zero-order valence-electron chi connectivity index (χ0n) is 18.7. The number of nitrogens with one attached hydrogen (secondary N) is 1. The average Bonchev–Trinajstić information content (AvgIpc) is 3.09. The van der Waals surface area contributed by atoms with Crippen LogP contribution in [0.15, 0.2) is 48.5 Å². The Morgan fingerprint density at radius 1 is 1.10 bits per heavy atom. The molecule has 0 bridgehead atoms. The lowest BCUT2D eigenvalue weighted by Crippen LogP contribution is -2.22. The lowest BCUT2D eigenvalue weighted by Gasteiger charge is -2.15. The third-order valence-electron chi connectivity index (χ3n) is 5.30. The molecular formula is C25H33NO4Si. The van der Waals surface area contributed by atoms with Gasteiger partial charge in [-0.1, -0.05) is 50.0 Å². The fourth-order valence-corrected chi connectivity index (χ4v) is 4.20. The number of carbonyl (C=O) groups is 1. The van der Waals surface area contributed by atoms with Gasteiger partial charge in [0, 0.05) is 31.1 Å². The molecule has 2 aromatic carbocycles. The van der Waals surface area contributed by atoms with E-state index in [1.807, 2.05) is 48.5 Å². The van der Waals surface area contributed by atoms with Crippen LogP contribution in [0.1, 0.15) is 29.7 Å². The Morgan fingerprint density at radius 3 is 2.58 bits per heavy atom. The van der Waals surface area contributed by atoms with Crippen LogP contribution in [0.2, 0.25) is 25.7 Å². The molecule has 6 heteroatoms. The van der Waals surface area contributed by atoms with E-state index in [0.29, 0.717) is 32.5 Å². The summed E-state index contributed by atoms with van der Waals surface area (Å²) in [6.07, 6.45) is 1.76. The second kappa shape index (κ2) is 10.6. The Balaban J connectivity index is 1.61. The molecule has 0 amide bonds. The second-order valence-corrected chi connectivity index (χ2v) is 14.7. The topological polar surface area (TPSA) is 71.5 Å². The van der Waals surface area contributed by atoms with Crippen molar-refractivity contribution in [3.05, 3.63) is 65.4 Å². The molecule has 1 aromatic heterocycles. The molecular weight excluding hydrogens is 406 g/mol. The SMILES string of the molecule is C[Si](C)(C)CCOC(=O)CCCc1c(CO)[nH]c2ccc(OCc3ccccc3)cc12. The van der Waals surface area contributed by atoms with Crippen molar-refractivity contribution in [1.29, 1.82) is 0 Å². The number of aromatic amines is 1. The highest BCUT2D eigenvalue weighted by Gasteiger charge is 2.15. The quantitative estimate of drug-likeness (QED) is 0.308. The first-order valence-corrected chi connectivity index (χ1v) is 14.6. The minimum absolute atomic E-state index is 0.0646. The van der Waals surface area contributed by atoms with Gasteiger partial charge in [-0.15, -0.1) is 0 Å². The summed E-state index contributed by atoms with van der Waals surface area (Å²) in [6, 6.07) is 17.0. The number of fused-ring (bicyclic) bond motifs is 1. The van der Waals surface area contributed by atoms with Gasteiger partial charge in [0.25, 0.3) is 0 Å². The van der Waals surface area contributed by atoms with Gasteiger partial charge in [0.05, 0.1) is 13.2 Å². The van der Waals surface area contributed by atoms with Crippen LogP contribution in [-0.4, -0.2) is 30.7 Å². The molecule has 166 valence electrons. The third-order valence-corrected chi connectivity index (χ3v) is 7.00. The van der Waals surface area contributed by atoms with Gasteiger partial charge in [-0.05, 0) is 48.2 Å². The highest BCUT2D eigenvalue weighted by Crippen LogP contribution is 2.28. The molecule has 2 N–H and O–H groups in total. The maximum atomic E-state index is 12.1. The van der Waals surface area contributed by atoms with Crippen LogP contribution in [0.3, 0.4) is 0 Å². The number of aromatic nitrogens is 1. The van der Waals surface area contributed by atoms with E-state index in [0.717, 1.165) is 39.5 Å². The molecule has 0 aliphatic rings. The summed E-state index contributed by atoms with van der Waals surface area (Å²) < 4.78 is 11.4. The summed E-state index contributed by atoms with van der Waals surface area (Å²) in [7, 11) is -1.20. The van der Waals surface area contributed by atoms with Crippen molar-refractivity contribution in [2.24, 2.45) is 0 Å². The number of carbonyl (C=O) groups excluding carboxylic acids is 1. The zero-order chi connectivity index (χ0) is 22.3. The van der Waals surface area contributed by atoms with E-state index < -0.39 is 8.07 Å². The molecule has 0 saturated carbocycles. The molecule has 0 unspecified atom stereocenters. The van der Waals surface area contributed by atoms with Crippen molar-refractivity contribution >= 4 is 24.9 Å². The predicted molar refractivity (Wildman–Crippen MR) is 127 cm³/mol. The number of H-pyrrole nitrogens is 1. The molecule has 0 aliphatic carbocycles. The Bertz CT molecular complexity index is 992. The minimum atomic E-state index is -1.20. The van der Waals surface area contributed by atoms with E-state index >= 15 is 0 Å². The lowest BCUT2D eigenvalue weighted by atomic mass is 10.0. The van der Waals surface area contributed by atoms with E-state index in [1.165, 1.54) is 0 Å². The van der Waals surface area contributed by atoms with Crippen molar-refractivity contribution in [3.63, 3.8) is 0 Å². The van der Waals surface area contributed by atoms with Crippen molar-refractivity contribution in [1.82, 2.24) is 4.98 Å². The van der Waals surface area contributed by atoms with Crippen LogP contribution < -0.4 is 4.74 Å². The van der Waals surface area contributed by atoms with Crippen LogP contribution in [0.5, 0.6) is 5.75 Å². The molecule has 0 atom stereocenters. The Morgan fingerprint density at radius 2 is 1.87 bits per heavy atom. The highest BCUT2D eigenvalue weighted by molar-refractivity contribution is 6.76. The van der Waals surface area contributed by atoms with Gasteiger partial charge in [-0.2, -0.15) is 0 Å². The van der Waals surface area contributed by atoms with Crippen molar-refractivity contribution in [2.45, 2.75) is 58.2 Å². The summed E-state index contributed by atoms with van der Waals surface area (Å²) in [4.78, 5) is 15.4. The summed E-state index contributed by atoms with van der Waals surface area (Å²) >= 11 is 0. The first-order chi connectivity index (χ1) is 14.9. The largest absolute Gasteiger partial charge is 0.489 e. The molecule has 0 fully saturated rings. The fourth-order valence-electron chi connectivity index (χ4n) is 3.49. The maximum absolute atomic E-state index is 12.1. The predicted octanol–water partition coefficient (Wildman–Crippen LogP) is 5.44. The van der Waals surface area contributed by atoms with E-state index in [2.05, 4.69) is 24.6 Å². The van der Waals surface area contributed by atoms with Crippen LogP contribution in [0.4, 0.5) is 0 Å². The standard InChI is InChI=1S/C25H33NO4Si/c1-31(2,3)15-14-29-25(28)11-7-10-21-22-16-20(12-13-23(22)26-24(21)17-27)30-18-19-8-5-4-6-9-19/h4-6,8-9,12-13,16,26-27H,7,10-11,14-15,17-18H2,1-3H3. The number of aliphatic hydroxyl groups excluding tert-OH is 1. The van der Waals surface area contributed by atoms with E-state index in [1.54, 1.807) is 0 Å². The van der Waals surface area contributed by atoms with Crippen LogP contribution in [0.25, 0.3) is 10.9 Å². The van der Waals surface area contributed by atoms with E-state index in [9.17, 15) is 9.90 Å². The monoisotopic (exact) mass is 439 g/mol. The van der Waals surface area contributed by atoms with Gasteiger partial charge in [-0.3, -0.25) is 4.79 Å². The smallest absolute Gasteiger partial charge is 0.305 e. The molecule has 0 aliphatic heterocycles. The second-order valence-electron chi connectivity index (χ2n) is 9.11. The molecule has 3 rings (SSSR count). The first kappa shape index (κ1) is 23.1. The van der Waals surface area contributed by atoms with Crippen molar-refractivity contribution in [2.75, 3.05) is 6.61 Å². The number of hydrogen-bond acceptors (Lipinski definition) is 4. The minimum Gasteiger partial charge on any atom is -0.489 e. The van der Waals surface area contributed by atoms with Gasteiger partial charge >= 0.3 is 5.97 Å². The van der Waals surface area contributed by atoms with Crippen LogP contribution in [-0.2, 0) is 29.2 Å². The number of ether oxygens (including phenoxy) is 2. The summed E-state index contributed by atoms with van der Waals surface area (Å²) in [5.74, 6) is 0.641. The number of esters is 1. The summed E-state index contributed by atoms with van der Waals surface area (Å²) in [6.45, 7) is 7.77. The summed E-state index contributed by atoms with van der Waals surface area (Å²) in [5.41, 5.74) is 3.91. The number of aliphatic hydroxyl groups is 1. The lowest BCUT2D eigenvalue weighted by molar-refractivity contribution is -0.143. The molecule has 0 saturated heterocycles. The van der Waals surface area contributed by atoms with E-state index in [-0.39, 0.29) is 12.6 Å². The van der Waals surface area contributed by atoms with E-state index in [4.69, 9.17) is 9.47 Å². The normalized spacial score (nSPS) is 11.6. The fraction of sp³-hybridized carbons (Fsp3) is 0.400. The molecule has 0 radical (unpaired) electrons. The Kier molecular flexibility index (Phi) is 7.93. The molecule has 3 aromatic rings. The Hall–Kier alpha value is -2.57. The number of benzene rings is 2. The third kappa shape index (κ3) is 6.97. The van der Waals surface area contributed by atoms with Gasteiger partial charge in [0.15, 0.2) is 0 Å². The highest BCUT2D eigenvalue weighted by atomic mass is 28.3. The number of rotatable bonds is 11. The molecule has 31 heavy (non-hydrogen) atoms. The van der Waals surface area contributed by atoms with Crippen molar-refractivity contribution in [3.8, 4) is 5.75 Å². The zero-order valence-corrected chi connectivity index (χ0v) is 19.7. The number of aryl methyl sites for hydroxylation is 1. The van der Waals surface area contributed by atoms with Gasteiger partial charge in [0.2, 0.25) is 0 Å². The van der Waals surface area contributed by atoms with Crippen LogP contribution in [0, 0.1) is 0 Å². The molecule has 1 heterocycles. The summed E-state index contributed by atoms with van der Waals surface area (Å²) in [5, 5.41) is 10.8. The first-order valence-electron chi connectivity index (χ1n) is 10.9. The Labute approximate surface area is 185 Å². The van der Waals surface area contributed by atoms with Gasteiger partial charge < -0.3 is 19.6 Å². The average molecular weight is 440 g/mol. The van der Waals surface area contributed by atoms with Gasteiger partial charge in [0.1, 0.15) is 12.4 Å².